The Kier molecular flexibility index (Phi) is 4.70. The van der Waals surface area contributed by atoms with Crippen molar-refractivity contribution in [1.82, 2.24) is 0 Å². The van der Waals surface area contributed by atoms with Crippen molar-refractivity contribution in [2.75, 3.05) is 0 Å². The molecule has 20 heavy (non-hydrogen) atoms. The molecule has 0 saturated heterocycles. The molecule has 0 aliphatic heterocycles. The standard InChI is InChI=1S/C15H20FNO3/c1-2-10-6-7-14(18)12(8-10)9-11-4-3-5-13(15(11)16)17(19)20/h3-5,10,12,14,18H,2,6-9H2,1H3. The van der Waals surface area contributed by atoms with E-state index in [1.807, 2.05) is 0 Å². The molecule has 1 aromatic carbocycles. The average molecular weight is 281 g/mol. The van der Waals surface area contributed by atoms with Crippen molar-refractivity contribution in [3.63, 3.8) is 0 Å². The van der Waals surface area contributed by atoms with Crippen LogP contribution in [0.15, 0.2) is 18.2 Å². The van der Waals surface area contributed by atoms with E-state index >= 15 is 0 Å². The van der Waals surface area contributed by atoms with E-state index in [0.29, 0.717) is 17.9 Å². The van der Waals surface area contributed by atoms with Gasteiger partial charge in [0.15, 0.2) is 0 Å². The van der Waals surface area contributed by atoms with Crippen LogP contribution in [0.25, 0.3) is 0 Å². The van der Waals surface area contributed by atoms with Crippen LogP contribution in [0.1, 0.15) is 38.2 Å². The van der Waals surface area contributed by atoms with Crippen LogP contribution < -0.4 is 0 Å². The molecule has 3 atom stereocenters. The second kappa shape index (κ2) is 6.31. The summed E-state index contributed by atoms with van der Waals surface area (Å²) in [5, 5.41) is 20.8. The summed E-state index contributed by atoms with van der Waals surface area (Å²) in [6, 6.07) is 4.25. The molecule has 0 aromatic heterocycles. The first-order valence-electron chi connectivity index (χ1n) is 7.12. The molecule has 0 spiro atoms. The first-order valence-corrected chi connectivity index (χ1v) is 7.12. The summed E-state index contributed by atoms with van der Waals surface area (Å²) in [6.07, 6.45) is 3.59. The average Bonchev–Trinajstić information content (AvgIpc) is 2.43. The Bertz CT molecular complexity index is 492. The van der Waals surface area contributed by atoms with Gasteiger partial charge in [0.05, 0.1) is 11.0 Å². The van der Waals surface area contributed by atoms with Crippen LogP contribution in [0.2, 0.25) is 0 Å². The van der Waals surface area contributed by atoms with Crippen LogP contribution in [0, 0.1) is 27.8 Å². The molecular formula is C15H20FNO3. The second-order valence-corrected chi connectivity index (χ2v) is 5.63. The molecule has 1 aromatic rings. The summed E-state index contributed by atoms with van der Waals surface area (Å²) in [5.41, 5.74) is -0.153. The number of rotatable bonds is 4. The predicted octanol–water partition coefficient (Wildman–Crippen LogP) is 3.46. The highest BCUT2D eigenvalue weighted by Crippen LogP contribution is 2.34. The number of aliphatic hydroxyl groups excluding tert-OH is 1. The van der Waals surface area contributed by atoms with Gasteiger partial charge in [-0.3, -0.25) is 10.1 Å². The lowest BCUT2D eigenvalue weighted by molar-refractivity contribution is -0.387. The largest absolute Gasteiger partial charge is 0.393 e. The molecule has 1 N–H and O–H groups in total. The molecule has 2 rings (SSSR count). The van der Waals surface area contributed by atoms with Crippen molar-refractivity contribution in [3.05, 3.63) is 39.7 Å². The van der Waals surface area contributed by atoms with Gasteiger partial charge in [-0.2, -0.15) is 4.39 Å². The van der Waals surface area contributed by atoms with Crippen LogP contribution in [-0.4, -0.2) is 16.1 Å². The zero-order chi connectivity index (χ0) is 14.7. The monoisotopic (exact) mass is 281 g/mol. The third-order valence-electron chi connectivity index (χ3n) is 4.37. The second-order valence-electron chi connectivity index (χ2n) is 5.63. The smallest absolute Gasteiger partial charge is 0.305 e. The molecule has 1 fully saturated rings. The van der Waals surface area contributed by atoms with E-state index in [1.165, 1.54) is 12.1 Å². The van der Waals surface area contributed by atoms with Crippen molar-refractivity contribution < 1.29 is 14.4 Å². The Labute approximate surface area is 117 Å². The van der Waals surface area contributed by atoms with Gasteiger partial charge in [0.2, 0.25) is 5.82 Å². The molecule has 1 saturated carbocycles. The van der Waals surface area contributed by atoms with Gasteiger partial charge in [-0.25, -0.2) is 0 Å². The van der Waals surface area contributed by atoms with Crippen LogP contribution in [0.4, 0.5) is 10.1 Å². The van der Waals surface area contributed by atoms with Crippen LogP contribution in [0.3, 0.4) is 0 Å². The first-order chi connectivity index (χ1) is 9.52. The maximum Gasteiger partial charge on any atom is 0.305 e. The quantitative estimate of drug-likeness (QED) is 0.679. The number of aliphatic hydroxyl groups is 1. The molecule has 3 unspecified atom stereocenters. The highest BCUT2D eigenvalue weighted by atomic mass is 19.1. The SMILES string of the molecule is CCC1CCC(O)C(Cc2cccc([N+](=O)[O-])c2F)C1. The molecule has 0 bridgehead atoms. The van der Waals surface area contributed by atoms with Crippen molar-refractivity contribution in [2.45, 2.75) is 45.1 Å². The number of nitro benzene ring substituents is 1. The molecule has 0 radical (unpaired) electrons. The highest BCUT2D eigenvalue weighted by Gasteiger charge is 2.30. The minimum atomic E-state index is -0.761. The Morgan fingerprint density at radius 3 is 2.85 bits per heavy atom. The van der Waals surface area contributed by atoms with E-state index in [2.05, 4.69) is 6.92 Å². The van der Waals surface area contributed by atoms with Crippen molar-refractivity contribution >= 4 is 5.69 Å². The van der Waals surface area contributed by atoms with E-state index in [9.17, 15) is 19.6 Å². The fourth-order valence-corrected chi connectivity index (χ4v) is 3.08. The normalized spacial score (nSPS) is 26.4. The molecule has 1 aliphatic carbocycles. The Hall–Kier alpha value is -1.49. The van der Waals surface area contributed by atoms with E-state index in [4.69, 9.17) is 0 Å². The summed E-state index contributed by atoms with van der Waals surface area (Å²) in [5.74, 6) is -0.210. The Morgan fingerprint density at radius 1 is 1.45 bits per heavy atom. The van der Waals surface area contributed by atoms with E-state index < -0.39 is 22.5 Å². The molecule has 0 heterocycles. The molecule has 0 amide bonds. The zero-order valence-electron chi connectivity index (χ0n) is 11.6. The van der Waals surface area contributed by atoms with Crippen LogP contribution >= 0.6 is 0 Å². The van der Waals surface area contributed by atoms with Crippen molar-refractivity contribution in [1.29, 1.82) is 0 Å². The van der Waals surface area contributed by atoms with Gasteiger partial charge in [0.25, 0.3) is 0 Å². The van der Waals surface area contributed by atoms with Gasteiger partial charge in [0, 0.05) is 6.07 Å². The fourth-order valence-electron chi connectivity index (χ4n) is 3.08. The van der Waals surface area contributed by atoms with Crippen LogP contribution in [-0.2, 0) is 6.42 Å². The van der Waals surface area contributed by atoms with Gasteiger partial charge < -0.3 is 5.11 Å². The zero-order valence-corrected chi connectivity index (χ0v) is 11.6. The lowest BCUT2D eigenvalue weighted by Crippen LogP contribution is -2.30. The van der Waals surface area contributed by atoms with E-state index in [0.717, 1.165) is 25.7 Å². The van der Waals surface area contributed by atoms with Gasteiger partial charge in [-0.05, 0) is 43.1 Å². The minimum Gasteiger partial charge on any atom is -0.393 e. The number of hydrogen-bond acceptors (Lipinski definition) is 3. The number of benzene rings is 1. The lowest BCUT2D eigenvalue weighted by Gasteiger charge is -2.33. The molecular weight excluding hydrogens is 261 g/mol. The molecule has 4 nitrogen and oxygen atoms in total. The summed E-state index contributed by atoms with van der Waals surface area (Å²) in [4.78, 5) is 10.0. The summed E-state index contributed by atoms with van der Waals surface area (Å²) in [6.45, 7) is 2.12. The number of halogens is 1. The van der Waals surface area contributed by atoms with E-state index in [1.54, 1.807) is 6.07 Å². The molecule has 1 aliphatic rings. The Balaban J connectivity index is 2.16. The van der Waals surface area contributed by atoms with Crippen molar-refractivity contribution in [3.8, 4) is 0 Å². The van der Waals surface area contributed by atoms with Crippen LogP contribution in [0.5, 0.6) is 0 Å². The summed E-state index contributed by atoms with van der Waals surface area (Å²) < 4.78 is 14.1. The number of nitro groups is 1. The number of hydrogen-bond donors (Lipinski definition) is 1. The third kappa shape index (κ3) is 3.15. The third-order valence-corrected chi connectivity index (χ3v) is 4.37. The predicted molar refractivity (Wildman–Crippen MR) is 73.9 cm³/mol. The lowest BCUT2D eigenvalue weighted by atomic mass is 9.76. The van der Waals surface area contributed by atoms with Gasteiger partial charge in [-0.1, -0.05) is 25.5 Å². The van der Waals surface area contributed by atoms with Gasteiger partial charge >= 0.3 is 5.69 Å². The Morgan fingerprint density at radius 2 is 2.20 bits per heavy atom. The fraction of sp³-hybridized carbons (Fsp3) is 0.600. The first kappa shape index (κ1) is 14.9. The van der Waals surface area contributed by atoms with Crippen molar-refractivity contribution in [2.24, 2.45) is 11.8 Å². The summed E-state index contributed by atoms with van der Waals surface area (Å²) >= 11 is 0. The van der Waals surface area contributed by atoms with Gasteiger partial charge in [0.1, 0.15) is 0 Å². The van der Waals surface area contributed by atoms with Gasteiger partial charge in [-0.15, -0.1) is 0 Å². The summed E-state index contributed by atoms with van der Waals surface area (Å²) in [7, 11) is 0. The minimum absolute atomic E-state index is 0.00907. The number of nitrogens with zero attached hydrogens (tertiary/aromatic N) is 1. The topological polar surface area (TPSA) is 63.4 Å². The highest BCUT2D eigenvalue weighted by molar-refractivity contribution is 5.37. The molecule has 110 valence electrons. The maximum atomic E-state index is 14.1. The maximum absolute atomic E-state index is 14.1. The molecule has 5 heteroatoms. The van der Waals surface area contributed by atoms with E-state index in [-0.39, 0.29) is 5.92 Å².